The van der Waals surface area contributed by atoms with E-state index in [1.54, 1.807) is 0 Å². The van der Waals surface area contributed by atoms with E-state index in [0.717, 1.165) is 13.0 Å². The number of amides is 1. The molecular formula is C28H61N4O2P. The number of nitrogens with one attached hydrogen (secondary N) is 4. The summed E-state index contributed by atoms with van der Waals surface area (Å²) in [6, 6.07) is 0. The van der Waals surface area contributed by atoms with Gasteiger partial charge in [-0.1, -0.05) is 135 Å². The van der Waals surface area contributed by atoms with Crippen LogP contribution in [0.15, 0.2) is 0 Å². The molecular weight excluding hydrogens is 455 g/mol. The first-order valence-corrected chi connectivity index (χ1v) is 16.6. The van der Waals surface area contributed by atoms with Crippen molar-refractivity contribution in [2.24, 2.45) is 0 Å². The third-order valence-corrected chi connectivity index (χ3v) is 8.10. The Kier molecular flexibility index (Phi) is 31.2. The highest BCUT2D eigenvalue weighted by atomic mass is 31.1. The maximum absolute atomic E-state index is 10.2. The van der Waals surface area contributed by atoms with Gasteiger partial charge in [-0.25, -0.2) is 15.6 Å². The zero-order valence-corrected chi connectivity index (χ0v) is 24.2. The van der Waals surface area contributed by atoms with Gasteiger partial charge in [0.15, 0.2) is 0 Å². The molecule has 0 aliphatic rings. The number of unbranched alkanes of at least 4 members (excludes halogenated alkanes) is 21. The third kappa shape index (κ3) is 33.6. The quantitative estimate of drug-likeness (QED) is 0.0376. The summed E-state index contributed by atoms with van der Waals surface area (Å²) >= 11 is 0. The first kappa shape index (κ1) is 34.6. The van der Waals surface area contributed by atoms with Crippen LogP contribution in [0.1, 0.15) is 155 Å². The fraction of sp³-hybridized carbons (Fsp3) is 0.964. The van der Waals surface area contributed by atoms with Crippen molar-refractivity contribution in [2.45, 2.75) is 155 Å². The maximum atomic E-state index is 10.2. The van der Waals surface area contributed by atoms with Gasteiger partial charge in [-0.2, -0.15) is 11.1 Å². The molecule has 1 unspecified atom stereocenters. The molecule has 0 saturated carbocycles. The Balaban J connectivity index is 3.01. The number of rotatable bonds is 30. The number of hydrazine groups is 3. The molecule has 35 heavy (non-hydrogen) atoms. The first-order chi connectivity index (χ1) is 17.3. The molecule has 1 atom stereocenters. The first-order valence-electron chi connectivity index (χ1n) is 15.2. The molecule has 0 aliphatic heterocycles. The Morgan fingerprint density at radius 3 is 1.31 bits per heavy atom. The second-order valence-corrected chi connectivity index (χ2v) is 11.6. The molecule has 0 aromatic rings. The molecule has 210 valence electrons. The molecule has 0 aromatic carbocycles. The average Bonchev–Trinajstić information content (AvgIpc) is 2.85. The second-order valence-electron chi connectivity index (χ2n) is 10.1. The van der Waals surface area contributed by atoms with Crippen molar-refractivity contribution in [3.05, 3.63) is 0 Å². The average molecular weight is 517 g/mol. The summed E-state index contributed by atoms with van der Waals surface area (Å²) in [7, 11) is 1.20. The van der Waals surface area contributed by atoms with Crippen LogP contribution in [0.4, 0.5) is 4.79 Å². The van der Waals surface area contributed by atoms with Gasteiger partial charge < -0.3 is 5.11 Å². The fourth-order valence-corrected chi connectivity index (χ4v) is 5.71. The number of carbonyl (C=O) groups is 1. The SMILES string of the molecule is CCCCCCCCCCCCCCCCCPCCCCCCCCCCNNNNC(=O)O. The van der Waals surface area contributed by atoms with Crippen LogP contribution < -0.4 is 21.9 Å². The molecule has 5 N–H and O–H groups in total. The molecule has 7 heteroatoms. The van der Waals surface area contributed by atoms with Gasteiger partial charge in [0.1, 0.15) is 0 Å². The van der Waals surface area contributed by atoms with E-state index in [1.807, 2.05) is 5.43 Å². The largest absolute Gasteiger partial charge is 0.464 e. The van der Waals surface area contributed by atoms with Crippen molar-refractivity contribution in [3.8, 4) is 0 Å². The lowest BCUT2D eigenvalue weighted by Crippen LogP contribution is -2.52. The predicted molar refractivity (Wildman–Crippen MR) is 155 cm³/mol. The summed E-state index contributed by atoms with van der Waals surface area (Å²) in [6.45, 7) is 3.12. The van der Waals surface area contributed by atoms with Crippen molar-refractivity contribution < 1.29 is 9.90 Å². The molecule has 0 bridgehead atoms. The van der Waals surface area contributed by atoms with Crippen LogP contribution in [0.25, 0.3) is 0 Å². The molecule has 0 aromatic heterocycles. The van der Waals surface area contributed by atoms with Crippen LogP contribution >= 0.6 is 8.58 Å². The Bertz CT molecular complexity index is 416. The Hall–Kier alpha value is -0.420. The molecule has 0 heterocycles. The van der Waals surface area contributed by atoms with Crippen LogP contribution in [0.2, 0.25) is 0 Å². The standard InChI is InChI=1S/C28H61N4O2P/c1-2-3-4-5-6-7-8-9-10-11-12-14-17-20-23-26-35-27-24-21-18-15-13-16-19-22-25-29-31-32-30-28(33)34/h29-32,35H,2-27H2,1H3,(H,33,34). The zero-order chi connectivity index (χ0) is 25.5. The molecule has 0 fully saturated rings. The van der Waals surface area contributed by atoms with Gasteiger partial charge in [-0.15, -0.1) is 8.58 Å². The number of hydrogen-bond acceptors (Lipinski definition) is 4. The van der Waals surface area contributed by atoms with Crippen molar-refractivity contribution in [1.82, 2.24) is 21.9 Å². The molecule has 6 nitrogen and oxygen atoms in total. The highest BCUT2D eigenvalue weighted by Gasteiger charge is 1.96. The monoisotopic (exact) mass is 516 g/mol. The molecule has 0 aliphatic carbocycles. The minimum absolute atomic E-state index is 0.828. The van der Waals surface area contributed by atoms with E-state index in [4.69, 9.17) is 5.11 Å². The highest BCUT2D eigenvalue weighted by molar-refractivity contribution is 7.37. The third-order valence-electron chi connectivity index (χ3n) is 6.68. The van der Waals surface area contributed by atoms with E-state index < -0.39 is 6.09 Å². The summed E-state index contributed by atoms with van der Waals surface area (Å²) < 4.78 is 0. The summed E-state index contributed by atoms with van der Waals surface area (Å²) in [5.74, 6) is 0. The van der Waals surface area contributed by atoms with Crippen molar-refractivity contribution in [3.63, 3.8) is 0 Å². The van der Waals surface area contributed by atoms with Crippen molar-refractivity contribution in [2.75, 3.05) is 18.9 Å². The van der Waals surface area contributed by atoms with E-state index in [1.165, 1.54) is 162 Å². The summed E-state index contributed by atoms with van der Waals surface area (Å²) in [5.41, 5.74) is 9.87. The summed E-state index contributed by atoms with van der Waals surface area (Å²) in [4.78, 5) is 10.2. The number of hydrogen-bond donors (Lipinski definition) is 5. The maximum Gasteiger partial charge on any atom is 0.420 e. The zero-order valence-electron chi connectivity index (χ0n) is 23.2. The molecule has 0 saturated heterocycles. The van der Waals surface area contributed by atoms with Crippen LogP contribution in [0, 0.1) is 0 Å². The van der Waals surface area contributed by atoms with E-state index in [-0.39, 0.29) is 0 Å². The van der Waals surface area contributed by atoms with E-state index >= 15 is 0 Å². The Labute approximate surface area is 220 Å². The summed E-state index contributed by atoms with van der Waals surface area (Å²) in [5, 5.41) is 8.38. The van der Waals surface area contributed by atoms with Gasteiger partial charge in [-0.3, -0.25) is 0 Å². The van der Waals surface area contributed by atoms with Gasteiger partial charge in [-0.05, 0) is 31.6 Å². The van der Waals surface area contributed by atoms with Gasteiger partial charge in [0.2, 0.25) is 0 Å². The van der Waals surface area contributed by atoms with Crippen LogP contribution in [0.3, 0.4) is 0 Å². The van der Waals surface area contributed by atoms with Gasteiger partial charge >= 0.3 is 6.09 Å². The molecule has 1 amide bonds. The minimum atomic E-state index is -1.11. The molecule has 0 radical (unpaired) electrons. The lowest BCUT2D eigenvalue weighted by Gasteiger charge is -2.07. The van der Waals surface area contributed by atoms with Crippen LogP contribution in [0.5, 0.6) is 0 Å². The topological polar surface area (TPSA) is 85.4 Å². The summed E-state index contributed by atoms with van der Waals surface area (Å²) in [6.07, 6.45) is 34.3. The Morgan fingerprint density at radius 1 is 0.543 bits per heavy atom. The lowest BCUT2D eigenvalue weighted by atomic mass is 10.0. The van der Waals surface area contributed by atoms with E-state index in [0.29, 0.717) is 0 Å². The number of carboxylic acid groups (broad SMARTS) is 1. The van der Waals surface area contributed by atoms with Crippen LogP contribution in [-0.4, -0.2) is 30.1 Å². The van der Waals surface area contributed by atoms with Gasteiger partial charge in [0, 0.05) is 6.54 Å². The minimum Gasteiger partial charge on any atom is -0.464 e. The van der Waals surface area contributed by atoms with Gasteiger partial charge in [0.25, 0.3) is 0 Å². The van der Waals surface area contributed by atoms with E-state index in [2.05, 4.69) is 23.4 Å². The highest BCUT2D eigenvalue weighted by Crippen LogP contribution is 2.19. The smallest absolute Gasteiger partial charge is 0.420 e. The Morgan fingerprint density at radius 2 is 0.914 bits per heavy atom. The molecule has 0 rings (SSSR count). The van der Waals surface area contributed by atoms with E-state index in [9.17, 15) is 4.79 Å². The van der Waals surface area contributed by atoms with Crippen molar-refractivity contribution >= 4 is 14.7 Å². The normalized spacial score (nSPS) is 11.6. The molecule has 0 spiro atoms. The van der Waals surface area contributed by atoms with Crippen molar-refractivity contribution in [1.29, 1.82) is 0 Å². The lowest BCUT2D eigenvalue weighted by molar-refractivity contribution is 0.183. The fourth-order valence-electron chi connectivity index (χ4n) is 4.46. The second kappa shape index (κ2) is 31.6. The predicted octanol–water partition coefficient (Wildman–Crippen LogP) is 8.44. The van der Waals surface area contributed by atoms with Gasteiger partial charge in [0.05, 0.1) is 0 Å². The van der Waals surface area contributed by atoms with Crippen LogP contribution in [-0.2, 0) is 0 Å².